The van der Waals surface area contributed by atoms with Crippen molar-refractivity contribution < 1.29 is 24.3 Å². The van der Waals surface area contributed by atoms with Gasteiger partial charge in [-0.05, 0) is 49.6 Å². The van der Waals surface area contributed by atoms with E-state index in [0.29, 0.717) is 31.7 Å². The van der Waals surface area contributed by atoms with Crippen molar-refractivity contribution in [3.05, 3.63) is 77.4 Å². The van der Waals surface area contributed by atoms with Gasteiger partial charge in [0, 0.05) is 31.3 Å². The van der Waals surface area contributed by atoms with Crippen molar-refractivity contribution in [2.45, 2.75) is 32.9 Å². The summed E-state index contributed by atoms with van der Waals surface area (Å²) < 4.78 is 5.56. The van der Waals surface area contributed by atoms with Crippen molar-refractivity contribution in [2.24, 2.45) is 0 Å². The Kier molecular flexibility index (Phi) is 10.1. The van der Waals surface area contributed by atoms with Crippen LogP contribution in [0.25, 0.3) is 6.08 Å². The van der Waals surface area contributed by atoms with E-state index >= 15 is 0 Å². The Morgan fingerprint density at radius 3 is 2.38 bits per heavy atom. The van der Waals surface area contributed by atoms with Crippen LogP contribution in [0.5, 0.6) is 0 Å². The number of hydrogen-bond donors (Lipinski definition) is 3. The Labute approximate surface area is 187 Å². The van der Waals surface area contributed by atoms with Gasteiger partial charge in [0.05, 0.1) is 6.10 Å². The molecule has 0 radical (unpaired) electrons. The third kappa shape index (κ3) is 8.71. The molecule has 0 heterocycles. The molecule has 8 heteroatoms. The molecule has 0 bridgehead atoms. The molecule has 2 rings (SSSR count). The molecule has 0 aliphatic rings. The summed E-state index contributed by atoms with van der Waals surface area (Å²) in [6, 6.07) is 15.3. The molecule has 0 aliphatic heterocycles. The van der Waals surface area contributed by atoms with Gasteiger partial charge in [0.15, 0.2) is 0 Å². The van der Waals surface area contributed by atoms with E-state index < -0.39 is 17.8 Å². The SMILES string of the molecule is CC(C)OCCCN(Cc1ccc(/C=C/C(=O)NO)cc1)C(=O)NC(=O)c1ccccc1. The van der Waals surface area contributed by atoms with Crippen molar-refractivity contribution in [2.75, 3.05) is 13.2 Å². The molecule has 0 aromatic heterocycles. The summed E-state index contributed by atoms with van der Waals surface area (Å²) in [5.41, 5.74) is 3.56. The number of ether oxygens (including phenoxy) is 1. The van der Waals surface area contributed by atoms with Crippen LogP contribution < -0.4 is 10.8 Å². The van der Waals surface area contributed by atoms with Crippen LogP contribution in [0.1, 0.15) is 41.8 Å². The molecule has 0 saturated carbocycles. The third-order valence-corrected chi connectivity index (χ3v) is 4.46. The Morgan fingerprint density at radius 2 is 1.75 bits per heavy atom. The van der Waals surface area contributed by atoms with E-state index in [0.717, 1.165) is 11.1 Å². The molecule has 4 amide bonds. The van der Waals surface area contributed by atoms with Gasteiger partial charge in [0.2, 0.25) is 0 Å². The largest absolute Gasteiger partial charge is 0.379 e. The molecule has 170 valence electrons. The molecular weight excluding hydrogens is 410 g/mol. The zero-order valence-corrected chi connectivity index (χ0v) is 18.3. The molecule has 2 aromatic rings. The molecule has 3 N–H and O–H groups in total. The lowest BCUT2D eigenvalue weighted by molar-refractivity contribution is -0.124. The predicted molar refractivity (Wildman–Crippen MR) is 121 cm³/mol. The van der Waals surface area contributed by atoms with E-state index in [1.807, 2.05) is 26.0 Å². The van der Waals surface area contributed by atoms with E-state index in [-0.39, 0.29) is 6.10 Å². The first-order valence-corrected chi connectivity index (χ1v) is 10.4. The van der Waals surface area contributed by atoms with E-state index in [4.69, 9.17) is 9.94 Å². The van der Waals surface area contributed by atoms with Gasteiger partial charge in [-0.2, -0.15) is 0 Å². The fraction of sp³-hybridized carbons (Fsp3) is 0.292. The van der Waals surface area contributed by atoms with Crippen LogP contribution in [0.2, 0.25) is 0 Å². The maximum Gasteiger partial charge on any atom is 0.324 e. The second kappa shape index (κ2) is 13.0. The van der Waals surface area contributed by atoms with E-state index in [2.05, 4.69) is 5.32 Å². The van der Waals surface area contributed by atoms with Crippen molar-refractivity contribution in [1.82, 2.24) is 15.7 Å². The Balaban J connectivity index is 2.05. The molecule has 0 spiro atoms. The zero-order chi connectivity index (χ0) is 23.3. The molecule has 0 aliphatic carbocycles. The standard InChI is InChI=1S/C24H29N3O5/c1-18(2)32-16-6-15-27(24(30)25-23(29)21-7-4-3-5-8-21)17-20-11-9-19(10-12-20)13-14-22(28)26-31/h3-5,7-14,18,31H,6,15-17H2,1-2H3,(H,26,28)(H,25,29,30)/b14-13+. The van der Waals surface area contributed by atoms with Crippen molar-refractivity contribution in [3.63, 3.8) is 0 Å². The predicted octanol–water partition coefficient (Wildman–Crippen LogP) is 3.37. The smallest absolute Gasteiger partial charge is 0.324 e. The molecule has 0 fully saturated rings. The molecule has 0 saturated heterocycles. The number of hydroxylamine groups is 1. The van der Waals surface area contributed by atoms with Gasteiger partial charge < -0.3 is 9.64 Å². The average molecular weight is 440 g/mol. The first-order chi connectivity index (χ1) is 15.4. The van der Waals surface area contributed by atoms with Gasteiger partial charge >= 0.3 is 6.03 Å². The molecule has 8 nitrogen and oxygen atoms in total. The highest BCUT2D eigenvalue weighted by atomic mass is 16.5. The van der Waals surface area contributed by atoms with Gasteiger partial charge in [-0.25, -0.2) is 10.3 Å². The molecular formula is C24H29N3O5. The third-order valence-electron chi connectivity index (χ3n) is 4.46. The lowest BCUT2D eigenvalue weighted by Crippen LogP contribution is -2.43. The number of carbonyl (C=O) groups is 3. The van der Waals surface area contributed by atoms with Gasteiger partial charge in [-0.1, -0.05) is 42.5 Å². The zero-order valence-electron chi connectivity index (χ0n) is 18.3. The maximum atomic E-state index is 12.8. The summed E-state index contributed by atoms with van der Waals surface area (Å²) in [6.45, 7) is 5.12. The maximum absolute atomic E-state index is 12.8. The summed E-state index contributed by atoms with van der Waals surface area (Å²) in [5, 5.41) is 11.0. The summed E-state index contributed by atoms with van der Waals surface area (Å²) >= 11 is 0. The number of amides is 4. The van der Waals surface area contributed by atoms with Crippen molar-refractivity contribution in [1.29, 1.82) is 0 Å². The van der Waals surface area contributed by atoms with Crippen LogP contribution in [0.3, 0.4) is 0 Å². The second-order valence-electron chi connectivity index (χ2n) is 7.37. The van der Waals surface area contributed by atoms with Crippen LogP contribution in [0.4, 0.5) is 4.79 Å². The summed E-state index contributed by atoms with van der Waals surface area (Å²) in [5.74, 6) is -1.08. The lowest BCUT2D eigenvalue weighted by atomic mass is 10.1. The number of imide groups is 1. The van der Waals surface area contributed by atoms with Gasteiger partial charge in [0.25, 0.3) is 11.8 Å². The monoisotopic (exact) mass is 439 g/mol. The van der Waals surface area contributed by atoms with E-state index in [1.165, 1.54) is 11.6 Å². The van der Waals surface area contributed by atoms with Crippen molar-refractivity contribution >= 4 is 23.9 Å². The fourth-order valence-corrected chi connectivity index (χ4v) is 2.83. The molecule has 0 unspecified atom stereocenters. The minimum atomic E-state index is -0.622. The topological polar surface area (TPSA) is 108 Å². The lowest BCUT2D eigenvalue weighted by Gasteiger charge is -2.23. The van der Waals surface area contributed by atoms with Crippen LogP contribution >= 0.6 is 0 Å². The number of urea groups is 1. The first-order valence-electron chi connectivity index (χ1n) is 10.4. The highest BCUT2D eigenvalue weighted by Crippen LogP contribution is 2.11. The Morgan fingerprint density at radius 1 is 1.06 bits per heavy atom. The normalized spacial score (nSPS) is 10.9. The summed E-state index contributed by atoms with van der Waals surface area (Å²) in [7, 11) is 0. The first kappa shape index (κ1) is 24.8. The minimum absolute atomic E-state index is 0.102. The molecule has 2 aromatic carbocycles. The number of benzene rings is 2. The highest BCUT2D eigenvalue weighted by molar-refractivity contribution is 6.04. The minimum Gasteiger partial charge on any atom is -0.379 e. The number of rotatable bonds is 10. The second-order valence-corrected chi connectivity index (χ2v) is 7.37. The van der Waals surface area contributed by atoms with Crippen LogP contribution in [-0.2, 0) is 16.1 Å². The molecule has 32 heavy (non-hydrogen) atoms. The average Bonchev–Trinajstić information content (AvgIpc) is 2.80. The molecule has 0 atom stereocenters. The van der Waals surface area contributed by atoms with E-state index in [9.17, 15) is 14.4 Å². The van der Waals surface area contributed by atoms with Crippen LogP contribution in [-0.4, -0.2) is 47.2 Å². The highest BCUT2D eigenvalue weighted by Gasteiger charge is 2.17. The van der Waals surface area contributed by atoms with E-state index in [1.54, 1.807) is 53.4 Å². The van der Waals surface area contributed by atoms with Crippen LogP contribution in [0.15, 0.2) is 60.7 Å². The number of carbonyl (C=O) groups excluding carboxylic acids is 3. The number of nitrogens with one attached hydrogen (secondary N) is 2. The number of hydrogen-bond acceptors (Lipinski definition) is 5. The number of nitrogens with zero attached hydrogens (tertiary/aromatic N) is 1. The van der Waals surface area contributed by atoms with Gasteiger partial charge in [0.1, 0.15) is 0 Å². The van der Waals surface area contributed by atoms with Crippen LogP contribution in [0, 0.1) is 0 Å². The Bertz CT molecular complexity index is 911. The summed E-state index contributed by atoms with van der Waals surface area (Å²) in [6.07, 6.45) is 3.49. The quantitative estimate of drug-likeness (QED) is 0.228. The van der Waals surface area contributed by atoms with Gasteiger partial charge in [-0.15, -0.1) is 0 Å². The van der Waals surface area contributed by atoms with Gasteiger partial charge in [-0.3, -0.25) is 20.1 Å². The summed E-state index contributed by atoms with van der Waals surface area (Å²) in [4.78, 5) is 37.9. The van der Waals surface area contributed by atoms with Crippen molar-refractivity contribution in [3.8, 4) is 0 Å². The fourth-order valence-electron chi connectivity index (χ4n) is 2.83. The Hall–Kier alpha value is -3.49.